The van der Waals surface area contributed by atoms with Gasteiger partial charge in [0.1, 0.15) is 0 Å². The van der Waals surface area contributed by atoms with Gasteiger partial charge in [0.2, 0.25) is 0 Å². The third kappa shape index (κ3) is 3.47. The summed E-state index contributed by atoms with van der Waals surface area (Å²) in [6.45, 7) is 7.03. The summed E-state index contributed by atoms with van der Waals surface area (Å²) in [5, 5.41) is 4.31. The lowest BCUT2D eigenvalue weighted by molar-refractivity contribution is 0.0662. The lowest BCUT2D eigenvalue weighted by Gasteiger charge is -2.22. The van der Waals surface area contributed by atoms with Crippen molar-refractivity contribution in [1.29, 1.82) is 0 Å². The van der Waals surface area contributed by atoms with Crippen LogP contribution in [-0.2, 0) is 14.8 Å². The molecule has 0 unspecified atom stereocenters. The van der Waals surface area contributed by atoms with Gasteiger partial charge in [-0.05, 0) is 44.7 Å². The van der Waals surface area contributed by atoms with Crippen molar-refractivity contribution in [2.24, 2.45) is 0 Å². The van der Waals surface area contributed by atoms with Gasteiger partial charge in [-0.2, -0.15) is 5.10 Å². The second-order valence-electron chi connectivity index (χ2n) is 6.39. The summed E-state index contributed by atoms with van der Waals surface area (Å²) in [7, 11) is -3.64. The van der Waals surface area contributed by atoms with Gasteiger partial charge in [0.05, 0.1) is 22.8 Å². The summed E-state index contributed by atoms with van der Waals surface area (Å²) in [6, 6.07) is 4.03. The number of rotatable bonds is 4. The smallest absolute Gasteiger partial charge is 0.262 e. The minimum atomic E-state index is -3.64. The van der Waals surface area contributed by atoms with Crippen LogP contribution in [0.25, 0.3) is 0 Å². The summed E-state index contributed by atoms with van der Waals surface area (Å²) >= 11 is 0. The fourth-order valence-electron chi connectivity index (χ4n) is 3.34. The molecular weight excluding hydrogens is 326 g/mol. The summed E-state index contributed by atoms with van der Waals surface area (Å²) in [6.07, 6.45) is 5.10. The van der Waals surface area contributed by atoms with Crippen molar-refractivity contribution in [2.45, 2.75) is 44.6 Å². The Balaban J connectivity index is 1.84. The van der Waals surface area contributed by atoms with Crippen LogP contribution in [0.1, 0.15) is 35.6 Å². The van der Waals surface area contributed by atoms with E-state index in [0.29, 0.717) is 23.8 Å². The molecule has 0 bridgehead atoms. The lowest BCUT2D eigenvalue weighted by atomic mass is 10.1. The Morgan fingerprint density at radius 1 is 1.17 bits per heavy atom. The van der Waals surface area contributed by atoms with Crippen LogP contribution in [0.5, 0.6) is 0 Å². The second-order valence-corrected chi connectivity index (χ2v) is 8.01. The van der Waals surface area contributed by atoms with Gasteiger partial charge in [0.25, 0.3) is 10.0 Å². The van der Waals surface area contributed by atoms with Gasteiger partial charge in [-0.3, -0.25) is 9.40 Å². The number of ether oxygens (including phenoxy) is 1. The van der Waals surface area contributed by atoms with Gasteiger partial charge < -0.3 is 4.74 Å². The van der Waals surface area contributed by atoms with Crippen molar-refractivity contribution < 1.29 is 13.2 Å². The molecule has 1 fully saturated rings. The summed E-state index contributed by atoms with van der Waals surface area (Å²) < 4.78 is 35.4. The molecule has 130 valence electrons. The summed E-state index contributed by atoms with van der Waals surface area (Å²) in [5.74, 6) is 0. The first-order valence-corrected chi connectivity index (χ1v) is 9.58. The maximum absolute atomic E-state index is 12.8. The van der Waals surface area contributed by atoms with E-state index in [0.717, 1.165) is 29.5 Å². The van der Waals surface area contributed by atoms with E-state index >= 15 is 0 Å². The minimum Gasteiger partial charge on any atom is -0.381 e. The molecule has 2 heterocycles. The molecule has 2 aromatic rings. The predicted octanol–water partition coefficient (Wildman–Crippen LogP) is 2.96. The average molecular weight is 349 g/mol. The number of aryl methyl sites for hydroxylation is 3. The van der Waals surface area contributed by atoms with Gasteiger partial charge in [0, 0.05) is 19.4 Å². The first-order chi connectivity index (χ1) is 11.4. The van der Waals surface area contributed by atoms with E-state index in [1.807, 2.05) is 37.6 Å². The molecule has 0 aliphatic carbocycles. The fourth-order valence-corrected chi connectivity index (χ4v) is 4.82. The Hall–Kier alpha value is -1.86. The molecule has 1 N–H and O–H groups in total. The molecule has 1 aliphatic rings. The molecule has 0 spiro atoms. The van der Waals surface area contributed by atoms with E-state index in [1.54, 1.807) is 12.4 Å². The molecule has 0 atom stereocenters. The van der Waals surface area contributed by atoms with Crippen LogP contribution in [0.15, 0.2) is 29.4 Å². The molecule has 1 aromatic carbocycles. The van der Waals surface area contributed by atoms with Gasteiger partial charge >= 0.3 is 0 Å². The van der Waals surface area contributed by atoms with Crippen LogP contribution in [-0.4, -0.2) is 31.4 Å². The van der Waals surface area contributed by atoms with E-state index in [-0.39, 0.29) is 6.04 Å². The highest BCUT2D eigenvalue weighted by Gasteiger charge is 2.22. The highest BCUT2D eigenvalue weighted by Crippen LogP contribution is 2.26. The van der Waals surface area contributed by atoms with E-state index in [2.05, 4.69) is 9.82 Å². The highest BCUT2D eigenvalue weighted by molar-refractivity contribution is 7.92. The molecule has 1 aliphatic heterocycles. The first kappa shape index (κ1) is 17.0. The van der Waals surface area contributed by atoms with Crippen molar-refractivity contribution in [3.63, 3.8) is 0 Å². The van der Waals surface area contributed by atoms with Crippen molar-refractivity contribution in [2.75, 3.05) is 17.9 Å². The number of nitrogens with one attached hydrogen (secondary N) is 1. The van der Waals surface area contributed by atoms with Gasteiger partial charge in [0.15, 0.2) is 0 Å². The lowest BCUT2D eigenvalue weighted by Crippen LogP contribution is -2.20. The van der Waals surface area contributed by atoms with E-state index < -0.39 is 10.0 Å². The normalized spacial score (nSPS) is 16.3. The minimum absolute atomic E-state index is 0.264. The Labute approximate surface area is 142 Å². The Morgan fingerprint density at radius 2 is 1.79 bits per heavy atom. The van der Waals surface area contributed by atoms with Gasteiger partial charge in [-0.25, -0.2) is 8.42 Å². The molecule has 1 saturated heterocycles. The molecule has 0 radical (unpaired) electrons. The van der Waals surface area contributed by atoms with Crippen LogP contribution in [0.4, 0.5) is 5.69 Å². The molecule has 3 rings (SSSR count). The zero-order valence-corrected chi connectivity index (χ0v) is 15.1. The highest BCUT2D eigenvalue weighted by atomic mass is 32.2. The number of benzene rings is 1. The number of anilines is 1. The molecule has 0 saturated carbocycles. The molecule has 7 heteroatoms. The number of aromatic nitrogens is 2. The monoisotopic (exact) mass is 349 g/mol. The maximum atomic E-state index is 12.8. The van der Waals surface area contributed by atoms with Gasteiger partial charge in [-0.15, -0.1) is 0 Å². The molecule has 6 nitrogen and oxygen atoms in total. The molecule has 1 aromatic heterocycles. The Bertz CT molecular complexity index is 814. The quantitative estimate of drug-likeness (QED) is 0.921. The standard InChI is InChI=1S/C17H23N3O3S/c1-12-8-13(2)17(14(3)9-12)24(21,22)19-15-10-18-20(11-15)16-4-6-23-7-5-16/h8-11,16,19H,4-7H2,1-3H3. The van der Waals surface area contributed by atoms with Crippen molar-refractivity contribution in [1.82, 2.24) is 9.78 Å². The van der Waals surface area contributed by atoms with Crippen LogP contribution in [0, 0.1) is 20.8 Å². The Morgan fingerprint density at radius 3 is 2.42 bits per heavy atom. The molecule has 0 amide bonds. The molecule has 24 heavy (non-hydrogen) atoms. The Kier molecular flexibility index (Phi) is 4.64. The summed E-state index contributed by atoms with van der Waals surface area (Å²) in [5.41, 5.74) is 3.03. The average Bonchev–Trinajstić information content (AvgIpc) is 2.94. The fraction of sp³-hybridized carbons (Fsp3) is 0.471. The topological polar surface area (TPSA) is 73.2 Å². The van der Waals surface area contributed by atoms with E-state index in [9.17, 15) is 8.42 Å². The predicted molar refractivity (Wildman–Crippen MR) is 92.8 cm³/mol. The first-order valence-electron chi connectivity index (χ1n) is 8.09. The van der Waals surface area contributed by atoms with Crippen LogP contribution >= 0.6 is 0 Å². The summed E-state index contributed by atoms with van der Waals surface area (Å²) in [4.78, 5) is 0.340. The van der Waals surface area contributed by atoms with E-state index in [1.165, 1.54) is 0 Å². The van der Waals surface area contributed by atoms with Gasteiger partial charge in [-0.1, -0.05) is 17.7 Å². The van der Waals surface area contributed by atoms with Crippen LogP contribution in [0.3, 0.4) is 0 Å². The second kappa shape index (κ2) is 6.57. The number of nitrogens with zero attached hydrogens (tertiary/aromatic N) is 2. The number of hydrogen-bond acceptors (Lipinski definition) is 4. The molecular formula is C17H23N3O3S. The van der Waals surface area contributed by atoms with Crippen molar-refractivity contribution >= 4 is 15.7 Å². The van der Waals surface area contributed by atoms with E-state index in [4.69, 9.17) is 4.74 Å². The third-order valence-electron chi connectivity index (χ3n) is 4.29. The van der Waals surface area contributed by atoms with Crippen LogP contribution < -0.4 is 4.72 Å². The third-order valence-corrected chi connectivity index (χ3v) is 5.98. The number of hydrogen-bond donors (Lipinski definition) is 1. The zero-order chi connectivity index (χ0) is 17.3. The zero-order valence-electron chi connectivity index (χ0n) is 14.2. The number of sulfonamides is 1. The van der Waals surface area contributed by atoms with Crippen molar-refractivity contribution in [3.05, 3.63) is 41.2 Å². The largest absolute Gasteiger partial charge is 0.381 e. The SMILES string of the molecule is Cc1cc(C)c(S(=O)(=O)Nc2cnn(C3CCOCC3)c2)c(C)c1. The maximum Gasteiger partial charge on any atom is 0.262 e. The van der Waals surface area contributed by atoms with Crippen LogP contribution in [0.2, 0.25) is 0 Å². The van der Waals surface area contributed by atoms with Crippen molar-refractivity contribution in [3.8, 4) is 0 Å².